The van der Waals surface area contributed by atoms with Crippen LogP contribution >= 0.6 is 11.3 Å². The molecule has 1 heterocycles. The van der Waals surface area contributed by atoms with Gasteiger partial charge in [0.1, 0.15) is 11.5 Å². The van der Waals surface area contributed by atoms with Crippen LogP contribution in [0, 0.1) is 6.92 Å². The molecule has 0 aliphatic heterocycles. The van der Waals surface area contributed by atoms with Gasteiger partial charge < -0.3 is 21.1 Å². The zero-order valence-corrected chi connectivity index (χ0v) is 20.6. The molecule has 1 aromatic heterocycles. The second kappa shape index (κ2) is 10.2. The molecule has 5 rings (SSSR count). The van der Waals surface area contributed by atoms with E-state index in [1.807, 2.05) is 67.6 Å². The van der Waals surface area contributed by atoms with Crippen molar-refractivity contribution in [3.8, 4) is 11.3 Å². The average Bonchev–Trinajstić information content (AvgIpc) is 3.60. The number of hydrogen-bond acceptors (Lipinski definition) is 7. The van der Waals surface area contributed by atoms with Gasteiger partial charge in [0.2, 0.25) is 0 Å². The minimum Gasteiger partial charge on any atom is -0.457 e. The Morgan fingerprint density at radius 2 is 1.86 bits per heavy atom. The van der Waals surface area contributed by atoms with Gasteiger partial charge in [-0.15, -0.1) is 0 Å². The van der Waals surface area contributed by atoms with E-state index in [-0.39, 0.29) is 18.6 Å². The Morgan fingerprint density at radius 1 is 1.06 bits per heavy atom. The maximum absolute atomic E-state index is 13.1. The topological polar surface area (TPSA) is 106 Å². The van der Waals surface area contributed by atoms with Crippen molar-refractivity contribution in [1.29, 1.82) is 0 Å². The lowest BCUT2D eigenvalue weighted by Crippen LogP contribution is -2.25. The number of carbonyl (C=O) groups is 2. The minimum atomic E-state index is -0.462. The Labute approximate surface area is 213 Å². The van der Waals surface area contributed by atoms with Gasteiger partial charge in [-0.3, -0.25) is 4.79 Å². The summed E-state index contributed by atoms with van der Waals surface area (Å²) in [6.45, 7) is 2.11. The summed E-state index contributed by atoms with van der Waals surface area (Å²) in [4.78, 5) is 30.7. The summed E-state index contributed by atoms with van der Waals surface area (Å²) >= 11 is 1.20. The van der Waals surface area contributed by atoms with Gasteiger partial charge in [0.15, 0.2) is 5.13 Å². The van der Waals surface area contributed by atoms with E-state index in [9.17, 15) is 9.59 Å². The molecular formula is C28H26N4O3S. The van der Waals surface area contributed by atoms with Crippen molar-refractivity contribution >= 4 is 39.7 Å². The molecule has 1 aliphatic rings. The number of nitrogens with one attached hydrogen (secondary N) is 2. The molecule has 1 saturated carbocycles. The lowest BCUT2D eigenvalue weighted by atomic mass is 10.1. The van der Waals surface area contributed by atoms with Crippen LogP contribution in [0.5, 0.6) is 0 Å². The summed E-state index contributed by atoms with van der Waals surface area (Å²) in [5.41, 5.74) is 11.0. The molecule has 0 bridgehead atoms. The van der Waals surface area contributed by atoms with Crippen molar-refractivity contribution in [2.24, 2.45) is 0 Å². The van der Waals surface area contributed by atoms with Gasteiger partial charge in [-0.1, -0.05) is 59.9 Å². The summed E-state index contributed by atoms with van der Waals surface area (Å²) in [7, 11) is 0. The summed E-state index contributed by atoms with van der Waals surface area (Å²) in [5, 5.41) is 6.82. The second-order valence-electron chi connectivity index (χ2n) is 8.79. The number of ether oxygens (including phenoxy) is 1. The van der Waals surface area contributed by atoms with Crippen LogP contribution in [0.4, 0.5) is 16.5 Å². The lowest BCUT2D eigenvalue weighted by molar-refractivity contribution is 0.0479. The van der Waals surface area contributed by atoms with Crippen molar-refractivity contribution in [2.75, 3.05) is 11.1 Å². The van der Waals surface area contributed by atoms with Gasteiger partial charge in [0, 0.05) is 28.5 Å². The van der Waals surface area contributed by atoms with Gasteiger partial charge in [-0.2, -0.15) is 0 Å². The number of aryl methyl sites for hydroxylation is 1. The van der Waals surface area contributed by atoms with Crippen LogP contribution in [0.15, 0.2) is 72.8 Å². The second-order valence-corrected chi connectivity index (χ2v) is 9.79. The van der Waals surface area contributed by atoms with Crippen LogP contribution in [-0.4, -0.2) is 22.9 Å². The fourth-order valence-electron chi connectivity index (χ4n) is 3.69. The SMILES string of the molecule is Cc1ccc(C(=O)NC2CC2)cc1Nc1nc(-c2cccc(N)c2)c(C(=O)OCc2ccccc2)s1. The monoisotopic (exact) mass is 498 g/mol. The van der Waals surface area contributed by atoms with Crippen LogP contribution < -0.4 is 16.4 Å². The van der Waals surface area contributed by atoms with Crippen molar-refractivity contribution < 1.29 is 14.3 Å². The van der Waals surface area contributed by atoms with Crippen LogP contribution in [0.2, 0.25) is 0 Å². The molecule has 3 aromatic carbocycles. The lowest BCUT2D eigenvalue weighted by Gasteiger charge is -2.10. The van der Waals surface area contributed by atoms with E-state index in [1.54, 1.807) is 12.1 Å². The molecule has 1 fully saturated rings. The Bertz CT molecular complexity index is 1410. The third kappa shape index (κ3) is 5.55. The van der Waals surface area contributed by atoms with Crippen molar-refractivity contribution in [3.05, 3.63) is 94.4 Å². The van der Waals surface area contributed by atoms with Gasteiger partial charge in [-0.05, 0) is 55.2 Å². The van der Waals surface area contributed by atoms with Crippen LogP contribution in [0.25, 0.3) is 11.3 Å². The maximum atomic E-state index is 13.1. The fourth-order valence-corrected chi connectivity index (χ4v) is 4.59. The highest BCUT2D eigenvalue weighted by atomic mass is 32.1. The number of benzene rings is 3. The van der Waals surface area contributed by atoms with Gasteiger partial charge in [-0.25, -0.2) is 9.78 Å². The molecule has 1 amide bonds. The highest BCUT2D eigenvalue weighted by Gasteiger charge is 2.25. The normalized spacial score (nSPS) is 12.7. The first kappa shape index (κ1) is 23.6. The smallest absolute Gasteiger partial charge is 0.351 e. The van der Waals surface area contributed by atoms with Crippen molar-refractivity contribution in [2.45, 2.75) is 32.4 Å². The molecule has 8 heteroatoms. The Kier molecular flexibility index (Phi) is 6.69. The van der Waals surface area contributed by atoms with E-state index in [0.29, 0.717) is 27.0 Å². The summed E-state index contributed by atoms with van der Waals surface area (Å²) in [6, 6.07) is 22.6. The standard InChI is InChI=1S/C28H26N4O3S/c1-17-10-11-20(26(33)30-22-12-13-22)15-23(17)31-28-32-24(19-8-5-9-21(29)14-19)25(36-28)27(34)35-16-18-6-3-2-4-7-18/h2-11,14-15,22H,12-13,16,29H2,1H3,(H,30,33)(H,31,32). The predicted octanol–water partition coefficient (Wildman–Crippen LogP) is 5.69. The van der Waals surface area contributed by atoms with E-state index >= 15 is 0 Å². The van der Waals surface area contributed by atoms with Crippen molar-refractivity contribution in [1.82, 2.24) is 10.3 Å². The summed E-state index contributed by atoms with van der Waals surface area (Å²) in [6.07, 6.45) is 2.05. The van der Waals surface area contributed by atoms with Gasteiger partial charge >= 0.3 is 5.97 Å². The Balaban J connectivity index is 1.43. The van der Waals surface area contributed by atoms with E-state index in [0.717, 1.165) is 35.2 Å². The zero-order chi connectivity index (χ0) is 25.1. The van der Waals surface area contributed by atoms with E-state index in [4.69, 9.17) is 15.5 Å². The first-order valence-corrected chi connectivity index (χ1v) is 12.5. The zero-order valence-electron chi connectivity index (χ0n) is 19.8. The number of thiazole rings is 1. The largest absolute Gasteiger partial charge is 0.457 e. The number of amides is 1. The molecule has 4 N–H and O–H groups in total. The van der Waals surface area contributed by atoms with Gasteiger partial charge in [0.25, 0.3) is 5.91 Å². The quantitative estimate of drug-likeness (QED) is 0.213. The average molecular weight is 499 g/mol. The molecule has 0 radical (unpaired) electrons. The number of nitrogens with two attached hydrogens (primary N) is 1. The number of esters is 1. The molecule has 4 aromatic rings. The number of anilines is 3. The number of nitrogen functional groups attached to an aromatic ring is 1. The van der Waals surface area contributed by atoms with E-state index < -0.39 is 5.97 Å². The highest BCUT2D eigenvalue weighted by Crippen LogP contribution is 2.35. The van der Waals surface area contributed by atoms with E-state index in [2.05, 4.69) is 10.6 Å². The first-order chi connectivity index (χ1) is 17.5. The third-order valence-electron chi connectivity index (χ3n) is 5.84. The third-order valence-corrected chi connectivity index (χ3v) is 6.79. The number of hydrogen-bond donors (Lipinski definition) is 3. The molecule has 0 unspecified atom stereocenters. The number of carbonyl (C=O) groups excluding carboxylic acids is 2. The van der Waals surface area contributed by atoms with E-state index in [1.165, 1.54) is 11.3 Å². The van der Waals surface area contributed by atoms with Crippen LogP contribution in [-0.2, 0) is 11.3 Å². The molecule has 0 saturated heterocycles. The molecule has 182 valence electrons. The van der Waals surface area contributed by atoms with Crippen molar-refractivity contribution in [3.63, 3.8) is 0 Å². The molecule has 1 aliphatic carbocycles. The maximum Gasteiger partial charge on any atom is 0.351 e. The first-order valence-electron chi connectivity index (χ1n) is 11.7. The van der Waals surface area contributed by atoms with Gasteiger partial charge in [0.05, 0.1) is 5.69 Å². The minimum absolute atomic E-state index is 0.0923. The number of nitrogens with zero attached hydrogens (tertiary/aromatic N) is 1. The summed E-state index contributed by atoms with van der Waals surface area (Å²) < 4.78 is 5.61. The fraction of sp³-hybridized carbons (Fsp3) is 0.179. The number of aromatic nitrogens is 1. The Morgan fingerprint density at radius 3 is 2.61 bits per heavy atom. The molecule has 36 heavy (non-hydrogen) atoms. The Hall–Kier alpha value is -4.17. The summed E-state index contributed by atoms with van der Waals surface area (Å²) in [5.74, 6) is -0.554. The predicted molar refractivity (Wildman–Crippen MR) is 142 cm³/mol. The molecule has 7 nitrogen and oxygen atoms in total. The van der Waals surface area contributed by atoms with Crippen LogP contribution in [0.3, 0.4) is 0 Å². The highest BCUT2D eigenvalue weighted by molar-refractivity contribution is 7.18. The van der Waals surface area contributed by atoms with Crippen LogP contribution in [0.1, 0.15) is 44.0 Å². The molecule has 0 spiro atoms. The molecule has 0 atom stereocenters. The molecular weight excluding hydrogens is 472 g/mol. The number of rotatable bonds is 8.